The van der Waals surface area contributed by atoms with E-state index in [2.05, 4.69) is 0 Å². The van der Waals surface area contributed by atoms with Gasteiger partial charge in [0.25, 0.3) is 0 Å². The zero-order valence-corrected chi connectivity index (χ0v) is 8.22. The average Bonchev–Trinajstić information content (AvgIpc) is 2.31. The van der Waals surface area contributed by atoms with Gasteiger partial charge in [-0.2, -0.15) is 0 Å². The quantitative estimate of drug-likeness (QED) is 0.744. The molecule has 0 heterocycles. The summed E-state index contributed by atoms with van der Waals surface area (Å²) in [6.45, 7) is -0.189. The Morgan fingerprint density at radius 1 is 0.800 bits per heavy atom. The van der Waals surface area contributed by atoms with Gasteiger partial charge in [-0.05, 0) is 29.8 Å². The third-order valence-electron chi connectivity index (χ3n) is 2.07. The van der Waals surface area contributed by atoms with Crippen LogP contribution in [-0.2, 0) is 11.7 Å². The Hall–Kier alpha value is -1.80. The molecule has 75 valence electrons. The highest BCUT2D eigenvalue weighted by Crippen LogP contribution is 2.20. The summed E-state index contributed by atoms with van der Waals surface area (Å²) in [7, 11) is 0. The summed E-state index contributed by atoms with van der Waals surface area (Å²) in [5.41, 5.74) is 0.774. The van der Waals surface area contributed by atoms with Crippen LogP contribution in [-0.4, -0.2) is 0 Å². The van der Waals surface area contributed by atoms with Crippen LogP contribution in [0.4, 0.5) is 0 Å². The molecule has 0 aliphatic heterocycles. The van der Waals surface area contributed by atoms with E-state index in [4.69, 9.17) is 4.74 Å². The third-order valence-corrected chi connectivity index (χ3v) is 2.07. The van der Waals surface area contributed by atoms with Crippen molar-refractivity contribution in [2.45, 2.75) is 6.61 Å². The minimum Gasteiger partial charge on any atom is -0.457 e. The standard InChI is InChI=1S/C13H11O2/c14-10-11-6-8-13(9-7-11)15-12-4-2-1-3-5-12/h1-9H,10H2. The summed E-state index contributed by atoms with van der Waals surface area (Å²) in [6.07, 6.45) is 0. The van der Waals surface area contributed by atoms with Crippen LogP contribution >= 0.6 is 0 Å². The van der Waals surface area contributed by atoms with Gasteiger partial charge >= 0.3 is 0 Å². The van der Waals surface area contributed by atoms with E-state index in [1.54, 1.807) is 24.3 Å². The van der Waals surface area contributed by atoms with Gasteiger partial charge in [0.15, 0.2) is 0 Å². The van der Waals surface area contributed by atoms with Crippen LogP contribution in [0.25, 0.3) is 0 Å². The zero-order valence-electron chi connectivity index (χ0n) is 8.22. The summed E-state index contributed by atoms with van der Waals surface area (Å²) in [6, 6.07) is 16.7. The summed E-state index contributed by atoms with van der Waals surface area (Å²) in [5, 5.41) is 10.6. The van der Waals surface area contributed by atoms with Gasteiger partial charge in [-0.1, -0.05) is 30.3 Å². The minimum atomic E-state index is -0.189. The Labute approximate surface area is 88.8 Å². The molecule has 2 nitrogen and oxygen atoms in total. The van der Waals surface area contributed by atoms with Gasteiger partial charge < -0.3 is 4.74 Å². The van der Waals surface area contributed by atoms with E-state index >= 15 is 0 Å². The fourth-order valence-electron chi connectivity index (χ4n) is 1.28. The van der Waals surface area contributed by atoms with Crippen LogP contribution in [0.3, 0.4) is 0 Å². The third kappa shape index (κ3) is 2.58. The van der Waals surface area contributed by atoms with E-state index in [1.165, 1.54) is 0 Å². The number of rotatable bonds is 3. The monoisotopic (exact) mass is 199 g/mol. The van der Waals surface area contributed by atoms with Crippen LogP contribution in [0.1, 0.15) is 5.56 Å². The summed E-state index contributed by atoms with van der Waals surface area (Å²) < 4.78 is 5.58. The topological polar surface area (TPSA) is 29.1 Å². The minimum absolute atomic E-state index is 0.189. The SMILES string of the molecule is [O]Cc1ccc(Oc2ccccc2)cc1. The van der Waals surface area contributed by atoms with Crippen LogP contribution in [0.5, 0.6) is 11.5 Å². The number of para-hydroxylation sites is 1. The molecular weight excluding hydrogens is 188 g/mol. The maximum Gasteiger partial charge on any atom is 0.127 e. The molecule has 2 aromatic carbocycles. The van der Waals surface area contributed by atoms with Crippen molar-refractivity contribution in [3.05, 3.63) is 60.2 Å². The van der Waals surface area contributed by atoms with Crippen molar-refractivity contribution in [1.29, 1.82) is 0 Å². The first-order chi connectivity index (χ1) is 7.38. The van der Waals surface area contributed by atoms with E-state index in [-0.39, 0.29) is 6.61 Å². The molecule has 0 aliphatic carbocycles. The lowest BCUT2D eigenvalue weighted by Crippen LogP contribution is -1.85. The number of hydrogen-bond donors (Lipinski definition) is 0. The summed E-state index contributed by atoms with van der Waals surface area (Å²) in [4.78, 5) is 0. The van der Waals surface area contributed by atoms with Crippen molar-refractivity contribution < 1.29 is 9.84 Å². The van der Waals surface area contributed by atoms with Crippen molar-refractivity contribution in [1.82, 2.24) is 0 Å². The first-order valence-electron chi connectivity index (χ1n) is 4.78. The molecule has 0 spiro atoms. The summed E-state index contributed by atoms with van der Waals surface area (Å²) >= 11 is 0. The Balaban J connectivity index is 2.11. The van der Waals surface area contributed by atoms with Crippen LogP contribution in [0.15, 0.2) is 54.6 Å². The molecule has 2 heteroatoms. The molecule has 0 bridgehead atoms. The van der Waals surface area contributed by atoms with E-state index in [1.807, 2.05) is 30.3 Å². The molecule has 2 rings (SSSR count). The molecule has 0 aliphatic rings. The lowest BCUT2D eigenvalue weighted by atomic mass is 10.2. The largest absolute Gasteiger partial charge is 0.457 e. The van der Waals surface area contributed by atoms with Gasteiger partial charge in [0.1, 0.15) is 18.1 Å². The van der Waals surface area contributed by atoms with Gasteiger partial charge in [-0.15, -0.1) is 0 Å². The molecule has 0 N–H and O–H groups in total. The first kappa shape index (κ1) is 9.74. The highest BCUT2D eigenvalue weighted by molar-refractivity contribution is 5.32. The van der Waals surface area contributed by atoms with E-state index in [0.717, 1.165) is 17.1 Å². The van der Waals surface area contributed by atoms with E-state index in [9.17, 15) is 5.11 Å². The maximum atomic E-state index is 10.6. The van der Waals surface area contributed by atoms with Gasteiger partial charge in [0, 0.05) is 0 Å². The van der Waals surface area contributed by atoms with E-state index < -0.39 is 0 Å². The van der Waals surface area contributed by atoms with Crippen molar-refractivity contribution in [3.63, 3.8) is 0 Å². The fourth-order valence-corrected chi connectivity index (χ4v) is 1.28. The molecule has 0 atom stereocenters. The lowest BCUT2D eigenvalue weighted by molar-refractivity contribution is 0.177. The van der Waals surface area contributed by atoms with Gasteiger partial charge in [-0.25, -0.2) is 5.11 Å². The van der Waals surface area contributed by atoms with Crippen LogP contribution < -0.4 is 4.74 Å². The van der Waals surface area contributed by atoms with Crippen molar-refractivity contribution in [3.8, 4) is 11.5 Å². The van der Waals surface area contributed by atoms with Gasteiger partial charge in [0.05, 0.1) is 0 Å². The smallest absolute Gasteiger partial charge is 0.127 e. The fraction of sp³-hybridized carbons (Fsp3) is 0.0769. The van der Waals surface area contributed by atoms with Crippen LogP contribution in [0, 0.1) is 0 Å². The van der Waals surface area contributed by atoms with E-state index in [0.29, 0.717) is 0 Å². The highest BCUT2D eigenvalue weighted by Gasteiger charge is 1.96. The molecule has 0 aromatic heterocycles. The molecule has 0 saturated carbocycles. The Morgan fingerprint density at radius 2 is 1.40 bits per heavy atom. The molecule has 1 radical (unpaired) electrons. The molecule has 0 fully saturated rings. The Bertz CT molecular complexity index is 406. The highest BCUT2D eigenvalue weighted by atomic mass is 16.5. The molecule has 0 unspecified atom stereocenters. The second kappa shape index (κ2) is 4.62. The zero-order chi connectivity index (χ0) is 10.5. The second-order valence-corrected chi connectivity index (χ2v) is 3.20. The normalized spacial score (nSPS) is 9.93. The van der Waals surface area contributed by atoms with Crippen molar-refractivity contribution in [2.24, 2.45) is 0 Å². The predicted octanol–water partition coefficient (Wildman–Crippen LogP) is 3.41. The van der Waals surface area contributed by atoms with Crippen molar-refractivity contribution in [2.75, 3.05) is 0 Å². The molecule has 2 aromatic rings. The van der Waals surface area contributed by atoms with Gasteiger partial charge in [-0.3, -0.25) is 0 Å². The number of benzene rings is 2. The van der Waals surface area contributed by atoms with Crippen molar-refractivity contribution >= 4 is 0 Å². The Kier molecular flexibility index (Phi) is 3.00. The average molecular weight is 199 g/mol. The molecule has 0 saturated heterocycles. The van der Waals surface area contributed by atoms with Gasteiger partial charge in [0.2, 0.25) is 0 Å². The maximum absolute atomic E-state index is 10.6. The first-order valence-corrected chi connectivity index (χ1v) is 4.78. The molecular formula is C13H11O2. The number of hydrogen-bond acceptors (Lipinski definition) is 1. The Morgan fingerprint density at radius 3 is 2.00 bits per heavy atom. The van der Waals surface area contributed by atoms with Crippen LogP contribution in [0.2, 0.25) is 0 Å². The second-order valence-electron chi connectivity index (χ2n) is 3.20. The predicted molar refractivity (Wildman–Crippen MR) is 57.3 cm³/mol. The molecule has 0 amide bonds. The molecule has 15 heavy (non-hydrogen) atoms. The number of ether oxygens (including phenoxy) is 1. The lowest BCUT2D eigenvalue weighted by Gasteiger charge is -2.05. The summed E-state index contributed by atoms with van der Waals surface area (Å²) in [5.74, 6) is 1.55.